The van der Waals surface area contributed by atoms with Crippen molar-refractivity contribution in [3.05, 3.63) is 70.5 Å². The molecule has 1 saturated heterocycles. The third-order valence-electron chi connectivity index (χ3n) is 3.99. The minimum atomic E-state index is -0.404. The van der Waals surface area contributed by atoms with E-state index in [1.165, 1.54) is 12.1 Å². The highest BCUT2D eigenvalue weighted by Gasteiger charge is 2.60. The molecular formula is C17H16ClFO. The Bertz CT molecular complexity index is 623. The first-order valence-corrected chi connectivity index (χ1v) is 7.12. The number of halogens is 2. The van der Waals surface area contributed by atoms with Gasteiger partial charge in [-0.2, -0.15) is 0 Å². The number of rotatable bonds is 3. The van der Waals surface area contributed by atoms with Crippen LogP contribution in [0.5, 0.6) is 0 Å². The van der Waals surface area contributed by atoms with Crippen molar-refractivity contribution in [1.82, 2.24) is 0 Å². The van der Waals surface area contributed by atoms with Crippen LogP contribution in [0.1, 0.15) is 31.1 Å². The van der Waals surface area contributed by atoms with Crippen LogP contribution in [-0.4, -0.2) is 0 Å². The van der Waals surface area contributed by atoms with Gasteiger partial charge in [-0.05, 0) is 29.7 Å². The molecule has 0 bridgehead atoms. The molecule has 1 aliphatic rings. The van der Waals surface area contributed by atoms with Crippen LogP contribution in [0.4, 0.5) is 4.39 Å². The van der Waals surface area contributed by atoms with Crippen LogP contribution in [0.15, 0.2) is 48.5 Å². The summed E-state index contributed by atoms with van der Waals surface area (Å²) in [4.78, 5) is 0. The summed E-state index contributed by atoms with van der Waals surface area (Å²) in [5, 5.41) is 0.710. The van der Waals surface area contributed by atoms with E-state index in [-0.39, 0.29) is 17.8 Å². The van der Waals surface area contributed by atoms with Gasteiger partial charge in [-0.1, -0.05) is 55.8 Å². The van der Waals surface area contributed by atoms with Gasteiger partial charge in [0.15, 0.2) is 0 Å². The van der Waals surface area contributed by atoms with Gasteiger partial charge in [-0.3, -0.25) is 0 Å². The molecule has 0 aromatic heterocycles. The number of benzene rings is 2. The summed E-state index contributed by atoms with van der Waals surface area (Å²) >= 11 is 6.26. The van der Waals surface area contributed by atoms with E-state index in [1.54, 1.807) is 12.1 Å². The van der Waals surface area contributed by atoms with Gasteiger partial charge in [0.05, 0.1) is 0 Å². The first kappa shape index (κ1) is 13.6. The molecule has 2 unspecified atom stereocenters. The second-order valence-corrected chi connectivity index (χ2v) is 5.88. The Morgan fingerprint density at radius 2 is 1.75 bits per heavy atom. The second kappa shape index (κ2) is 4.87. The molecule has 1 aliphatic heterocycles. The van der Waals surface area contributed by atoms with Crippen molar-refractivity contribution in [3.8, 4) is 0 Å². The lowest BCUT2D eigenvalue weighted by atomic mass is 9.83. The predicted molar refractivity (Wildman–Crippen MR) is 78.2 cm³/mol. The molecule has 1 heterocycles. The fraction of sp³-hybridized carbons (Fsp3) is 0.294. The largest absolute Gasteiger partial charge is 0.356 e. The zero-order chi connectivity index (χ0) is 14.3. The van der Waals surface area contributed by atoms with Crippen molar-refractivity contribution in [2.45, 2.75) is 25.6 Å². The van der Waals surface area contributed by atoms with Crippen LogP contribution in [0.25, 0.3) is 0 Å². The number of hydrogen-bond donors (Lipinski definition) is 0. The second-order valence-electron chi connectivity index (χ2n) is 5.47. The Hall–Kier alpha value is -1.38. The fourth-order valence-corrected chi connectivity index (χ4v) is 3.08. The molecule has 1 nitrogen and oxygen atoms in total. The average molecular weight is 291 g/mol. The molecule has 3 heteroatoms. The van der Waals surface area contributed by atoms with Crippen LogP contribution in [-0.2, 0) is 10.3 Å². The summed E-state index contributed by atoms with van der Waals surface area (Å²) in [6.45, 7) is 4.22. The zero-order valence-corrected chi connectivity index (χ0v) is 12.2. The van der Waals surface area contributed by atoms with Gasteiger partial charge < -0.3 is 4.74 Å². The summed E-state index contributed by atoms with van der Waals surface area (Å²) in [5.74, 6) is 0.0387. The normalized spacial score (nSPS) is 24.9. The molecule has 0 amide bonds. The first-order chi connectivity index (χ1) is 9.55. The van der Waals surface area contributed by atoms with E-state index >= 15 is 0 Å². The van der Waals surface area contributed by atoms with Crippen molar-refractivity contribution in [2.75, 3.05) is 0 Å². The molecule has 2 aromatic carbocycles. The van der Waals surface area contributed by atoms with Gasteiger partial charge in [-0.25, -0.2) is 4.39 Å². The van der Waals surface area contributed by atoms with Gasteiger partial charge in [0.2, 0.25) is 0 Å². The van der Waals surface area contributed by atoms with Gasteiger partial charge in [0.25, 0.3) is 0 Å². The first-order valence-electron chi connectivity index (χ1n) is 6.74. The van der Waals surface area contributed by atoms with Crippen molar-refractivity contribution >= 4 is 11.6 Å². The van der Waals surface area contributed by atoms with Gasteiger partial charge >= 0.3 is 0 Å². The molecule has 1 fully saturated rings. The Labute approximate surface area is 123 Å². The lowest BCUT2D eigenvalue weighted by molar-refractivity contribution is 0.238. The maximum Gasteiger partial charge on any atom is 0.127 e. The molecule has 0 N–H and O–H groups in total. The van der Waals surface area contributed by atoms with Gasteiger partial charge in [-0.15, -0.1) is 0 Å². The number of epoxide rings is 1. The quantitative estimate of drug-likeness (QED) is 0.716. The molecule has 104 valence electrons. The minimum absolute atomic E-state index is 0.0679. The van der Waals surface area contributed by atoms with Crippen LogP contribution in [0, 0.1) is 11.7 Å². The van der Waals surface area contributed by atoms with Gasteiger partial charge in [0.1, 0.15) is 17.5 Å². The third-order valence-corrected chi connectivity index (χ3v) is 4.33. The summed E-state index contributed by atoms with van der Waals surface area (Å²) in [6.07, 6.45) is -0.0679. The highest BCUT2D eigenvalue weighted by atomic mass is 35.5. The van der Waals surface area contributed by atoms with Crippen molar-refractivity contribution in [1.29, 1.82) is 0 Å². The lowest BCUT2D eigenvalue weighted by Crippen LogP contribution is -2.18. The van der Waals surface area contributed by atoms with Crippen molar-refractivity contribution in [2.24, 2.45) is 5.92 Å². The summed E-state index contributed by atoms with van der Waals surface area (Å²) < 4.78 is 19.2. The third kappa shape index (κ3) is 2.04. The Morgan fingerprint density at radius 1 is 1.10 bits per heavy atom. The molecule has 3 rings (SSSR count). The maximum absolute atomic E-state index is 13.1. The summed E-state index contributed by atoms with van der Waals surface area (Å²) in [5.41, 5.74) is 1.59. The monoisotopic (exact) mass is 290 g/mol. The zero-order valence-electron chi connectivity index (χ0n) is 11.4. The highest BCUT2D eigenvalue weighted by Crippen LogP contribution is 2.62. The van der Waals surface area contributed by atoms with E-state index in [9.17, 15) is 4.39 Å². The topological polar surface area (TPSA) is 12.5 Å². The number of ether oxygens (including phenoxy) is 1. The molecule has 0 spiro atoms. The van der Waals surface area contributed by atoms with Crippen LogP contribution < -0.4 is 0 Å². The van der Waals surface area contributed by atoms with E-state index in [4.69, 9.17) is 16.3 Å². The van der Waals surface area contributed by atoms with Crippen molar-refractivity contribution < 1.29 is 9.13 Å². The van der Waals surface area contributed by atoms with Crippen LogP contribution in [0.3, 0.4) is 0 Å². The standard InChI is InChI=1S/C17H16ClFO/c1-11(2)17(12-7-9-13(19)10-8-12)16(20-17)14-5-3-4-6-15(14)18/h3-11,16H,1-2H3. The van der Waals surface area contributed by atoms with Gasteiger partial charge in [0, 0.05) is 10.6 Å². The van der Waals surface area contributed by atoms with E-state index in [1.807, 2.05) is 24.3 Å². The minimum Gasteiger partial charge on any atom is -0.356 e. The molecule has 0 radical (unpaired) electrons. The SMILES string of the molecule is CC(C)C1(c2ccc(F)cc2)OC1c1ccccc1Cl. The highest BCUT2D eigenvalue weighted by molar-refractivity contribution is 6.31. The Morgan fingerprint density at radius 3 is 2.35 bits per heavy atom. The Balaban J connectivity index is 2.01. The van der Waals surface area contributed by atoms with Crippen LogP contribution in [0.2, 0.25) is 5.02 Å². The molecule has 0 aliphatic carbocycles. The van der Waals surface area contributed by atoms with Crippen LogP contribution >= 0.6 is 11.6 Å². The van der Waals surface area contributed by atoms with E-state index in [0.717, 1.165) is 11.1 Å². The summed E-state index contributed by atoms with van der Waals surface area (Å²) in [6, 6.07) is 14.3. The fourth-order valence-electron chi connectivity index (χ4n) is 2.85. The summed E-state index contributed by atoms with van der Waals surface area (Å²) in [7, 11) is 0. The maximum atomic E-state index is 13.1. The molecule has 20 heavy (non-hydrogen) atoms. The molecule has 2 atom stereocenters. The van der Waals surface area contributed by atoms with E-state index in [2.05, 4.69) is 13.8 Å². The average Bonchev–Trinajstić information content (AvgIpc) is 3.17. The number of hydrogen-bond acceptors (Lipinski definition) is 1. The smallest absolute Gasteiger partial charge is 0.127 e. The lowest BCUT2D eigenvalue weighted by Gasteiger charge is -2.18. The molecule has 0 saturated carbocycles. The predicted octanol–water partition coefficient (Wildman–Crippen LogP) is 5.10. The molecular weight excluding hydrogens is 275 g/mol. The molecule has 2 aromatic rings. The van der Waals surface area contributed by atoms with E-state index in [0.29, 0.717) is 5.02 Å². The van der Waals surface area contributed by atoms with Crippen molar-refractivity contribution in [3.63, 3.8) is 0 Å². The van der Waals surface area contributed by atoms with E-state index < -0.39 is 5.60 Å². The Kier molecular flexibility index (Phi) is 3.31.